The van der Waals surface area contributed by atoms with Crippen LogP contribution in [-0.2, 0) is 13.0 Å². The molecule has 1 aliphatic heterocycles. The second kappa shape index (κ2) is 10.1. The topological polar surface area (TPSA) is 73.3 Å². The van der Waals surface area contributed by atoms with E-state index in [-0.39, 0.29) is 18.1 Å². The van der Waals surface area contributed by atoms with Gasteiger partial charge in [-0.1, -0.05) is 32.4 Å². The van der Waals surface area contributed by atoms with Crippen LogP contribution in [0.1, 0.15) is 51.5 Å². The second-order valence-corrected chi connectivity index (χ2v) is 7.74. The minimum atomic E-state index is -0.707. The largest absolute Gasteiger partial charge is 0.351 e. The number of nitrogens with zero attached hydrogens (tertiary/aromatic N) is 3. The highest BCUT2D eigenvalue weighted by atomic mass is 35.5. The number of rotatable bonds is 7. The number of aryl methyl sites for hydroxylation is 1. The molecule has 1 aliphatic rings. The molecule has 1 saturated heterocycles. The van der Waals surface area contributed by atoms with Gasteiger partial charge in [0, 0.05) is 6.54 Å². The average Bonchev–Trinajstić information content (AvgIpc) is 2.94. The summed E-state index contributed by atoms with van der Waals surface area (Å²) < 4.78 is 2.84. The van der Waals surface area contributed by atoms with E-state index in [1.165, 1.54) is 32.2 Å². The van der Waals surface area contributed by atoms with Crippen LogP contribution in [0.5, 0.6) is 0 Å². The minimum Gasteiger partial charge on any atom is -0.351 e. The summed E-state index contributed by atoms with van der Waals surface area (Å²) >= 11 is 0. The van der Waals surface area contributed by atoms with Gasteiger partial charge in [-0.25, -0.2) is 14.2 Å². The normalized spacial score (nSPS) is 15.6. The molecule has 0 aliphatic carbocycles. The van der Waals surface area contributed by atoms with E-state index < -0.39 is 6.03 Å². The highest BCUT2D eigenvalue weighted by Crippen LogP contribution is 2.26. The SMILES string of the molecule is CCCCN1CCC(Cc2cccc3c2n(CCC)c(=O)n3C(N)=O)CC1.Cl. The van der Waals surface area contributed by atoms with E-state index in [2.05, 4.69) is 17.9 Å². The lowest BCUT2D eigenvalue weighted by Crippen LogP contribution is -2.35. The molecule has 1 amide bonds. The van der Waals surface area contributed by atoms with Gasteiger partial charge in [0.2, 0.25) is 0 Å². The number of piperidine rings is 1. The molecule has 0 bridgehead atoms. The third kappa shape index (κ3) is 4.61. The number of benzene rings is 1. The Bertz CT molecular complexity index is 850. The van der Waals surface area contributed by atoms with E-state index in [1.807, 2.05) is 19.1 Å². The van der Waals surface area contributed by atoms with Gasteiger partial charge in [-0.3, -0.25) is 4.57 Å². The lowest BCUT2D eigenvalue weighted by atomic mass is 9.89. The van der Waals surface area contributed by atoms with Gasteiger partial charge in [-0.15, -0.1) is 12.4 Å². The highest BCUT2D eigenvalue weighted by Gasteiger charge is 2.23. The number of carbonyl (C=O) groups excluding carboxylic acids is 1. The number of halogens is 1. The first-order valence-corrected chi connectivity index (χ1v) is 10.3. The van der Waals surface area contributed by atoms with E-state index in [9.17, 15) is 9.59 Å². The number of unbranched alkanes of at least 4 members (excludes halogenated alkanes) is 1. The zero-order chi connectivity index (χ0) is 19.4. The van der Waals surface area contributed by atoms with Crippen molar-refractivity contribution in [2.24, 2.45) is 11.7 Å². The maximum atomic E-state index is 12.7. The fourth-order valence-corrected chi connectivity index (χ4v) is 4.30. The first-order valence-electron chi connectivity index (χ1n) is 10.3. The average molecular weight is 409 g/mol. The van der Waals surface area contributed by atoms with E-state index in [0.29, 0.717) is 18.0 Å². The molecule has 156 valence electrons. The first kappa shape index (κ1) is 22.5. The predicted molar refractivity (Wildman–Crippen MR) is 116 cm³/mol. The third-order valence-electron chi connectivity index (χ3n) is 5.74. The number of nitrogens with two attached hydrogens (primary N) is 1. The van der Waals surface area contributed by atoms with Gasteiger partial charge in [0.25, 0.3) is 0 Å². The molecule has 6 nitrogen and oxygen atoms in total. The summed E-state index contributed by atoms with van der Waals surface area (Å²) in [4.78, 5) is 27.1. The molecule has 2 heterocycles. The standard InChI is InChI=1S/C21H32N4O2.ClH/c1-3-5-12-23-13-9-16(10-14-23)15-17-7-6-8-18-19(17)24(11-4-2)21(27)25(18)20(22)26;/h6-8,16H,3-5,9-15H2,1-2H3,(H2,22,26);1H. The number of carbonyl (C=O) groups is 1. The van der Waals surface area contributed by atoms with Gasteiger partial charge in [0.1, 0.15) is 0 Å². The number of para-hydroxylation sites is 1. The van der Waals surface area contributed by atoms with Gasteiger partial charge in [-0.2, -0.15) is 0 Å². The van der Waals surface area contributed by atoms with Crippen LogP contribution in [0.15, 0.2) is 23.0 Å². The molecule has 1 aromatic carbocycles. The quantitative estimate of drug-likeness (QED) is 0.760. The lowest BCUT2D eigenvalue weighted by molar-refractivity contribution is 0.182. The Kier molecular flexibility index (Phi) is 8.13. The smallest absolute Gasteiger partial charge is 0.337 e. The van der Waals surface area contributed by atoms with E-state index in [4.69, 9.17) is 5.73 Å². The van der Waals surface area contributed by atoms with Crippen LogP contribution in [0.2, 0.25) is 0 Å². The van der Waals surface area contributed by atoms with Crippen LogP contribution in [0.4, 0.5) is 4.79 Å². The van der Waals surface area contributed by atoms with E-state index in [0.717, 1.165) is 41.6 Å². The number of hydrogen-bond donors (Lipinski definition) is 1. The van der Waals surface area contributed by atoms with Crippen LogP contribution in [0.25, 0.3) is 11.0 Å². The molecule has 28 heavy (non-hydrogen) atoms. The molecule has 3 rings (SSSR count). The number of imidazole rings is 1. The van der Waals surface area contributed by atoms with Gasteiger partial charge in [0.05, 0.1) is 11.0 Å². The molecule has 7 heteroatoms. The summed E-state index contributed by atoms with van der Waals surface area (Å²) in [6.07, 6.45) is 6.68. The number of likely N-dealkylation sites (tertiary alicyclic amines) is 1. The Hall–Kier alpha value is -1.79. The van der Waals surface area contributed by atoms with Crippen molar-refractivity contribution in [2.45, 2.75) is 58.9 Å². The summed E-state index contributed by atoms with van der Waals surface area (Å²) in [6, 6.07) is 5.15. The van der Waals surface area contributed by atoms with Crippen molar-refractivity contribution in [1.82, 2.24) is 14.0 Å². The van der Waals surface area contributed by atoms with Gasteiger partial charge < -0.3 is 10.6 Å². The van der Waals surface area contributed by atoms with Crippen molar-refractivity contribution in [3.63, 3.8) is 0 Å². The van der Waals surface area contributed by atoms with Crippen LogP contribution in [-0.4, -0.2) is 39.7 Å². The number of fused-ring (bicyclic) bond motifs is 1. The molecular formula is C21H33ClN4O2. The summed E-state index contributed by atoms with van der Waals surface area (Å²) in [5, 5.41) is 0. The Morgan fingerprint density at radius 3 is 2.46 bits per heavy atom. The number of primary amides is 1. The summed E-state index contributed by atoms with van der Waals surface area (Å²) in [5.74, 6) is 0.621. The number of amides is 1. The Morgan fingerprint density at radius 1 is 1.14 bits per heavy atom. The molecule has 0 atom stereocenters. The van der Waals surface area contributed by atoms with Crippen molar-refractivity contribution in [3.05, 3.63) is 34.2 Å². The van der Waals surface area contributed by atoms with Crippen LogP contribution in [0.3, 0.4) is 0 Å². The maximum absolute atomic E-state index is 12.7. The lowest BCUT2D eigenvalue weighted by Gasteiger charge is -2.32. The third-order valence-corrected chi connectivity index (χ3v) is 5.74. The Balaban J connectivity index is 0.00000280. The van der Waals surface area contributed by atoms with Crippen molar-refractivity contribution >= 4 is 29.5 Å². The Morgan fingerprint density at radius 2 is 1.86 bits per heavy atom. The monoisotopic (exact) mass is 408 g/mol. The molecule has 0 radical (unpaired) electrons. The second-order valence-electron chi connectivity index (χ2n) is 7.74. The fraction of sp³-hybridized carbons (Fsp3) is 0.619. The zero-order valence-electron chi connectivity index (χ0n) is 17.0. The number of hydrogen-bond acceptors (Lipinski definition) is 3. The van der Waals surface area contributed by atoms with Crippen LogP contribution in [0, 0.1) is 5.92 Å². The molecule has 2 aromatic rings. The first-order chi connectivity index (χ1) is 13.1. The van der Waals surface area contributed by atoms with Gasteiger partial charge in [0.15, 0.2) is 0 Å². The van der Waals surface area contributed by atoms with E-state index in [1.54, 1.807) is 4.57 Å². The molecule has 1 fully saturated rings. The van der Waals surface area contributed by atoms with Crippen molar-refractivity contribution in [2.75, 3.05) is 19.6 Å². The maximum Gasteiger partial charge on any atom is 0.337 e. The zero-order valence-corrected chi connectivity index (χ0v) is 17.8. The summed E-state index contributed by atoms with van der Waals surface area (Å²) in [6.45, 7) is 8.39. The fourth-order valence-electron chi connectivity index (χ4n) is 4.30. The molecule has 1 aromatic heterocycles. The molecule has 0 unspecified atom stereocenters. The molecule has 0 saturated carbocycles. The minimum absolute atomic E-state index is 0. The molecule has 0 spiro atoms. The van der Waals surface area contributed by atoms with Crippen molar-refractivity contribution in [1.29, 1.82) is 0 Å². The van der Waals surface area contributed by atoms with Gasteiger partial charge in [-0.05, 0) is 69.3 Å². The van der Waals surface area contributed by atoms with Crippen LogP contribution >= 0.6 is 12.4 Å². The summed E-state index contributed by atoms with van der Waals surface area (Å²) in [7, 11) is 0. The predicted octanol–water partition coefficient (Wildman–Crippen LogP) is 3.62. The van der Waals surface area contributed by atoms with Crippen LogP contribution < -0.4 is 11.4 Å². The van der Waals surface area contributed by atoms with E-state index >= 15 is 0 Å². The highest BCUT2D eigenvalue weighted by molar-refractivity contribution is 5.90. The summed E-state index contributed by atoms with van der Waals surface area (Å²) in [5.41, 5.74) is 7.85. The number of aromatic nitrogens is 2. The molecular weight excluding hydrogens is 376 g/mol. The molecule has 2 N–H and O–H groups in total. The van der Waals surface area contributed by atoms with Crippen molar-refractivity contribution < 1.29 is 4.79 Å². The van der Waals surface area contributed by atoms with Crippen molar-refractivity contribution in [3.8, 4) is 0 Å². The Labute approximate surface area is 173 Å². The van der Waals surface area contributed by atoms with Gasteiger partial charge >= 0.3 is 11.7 Å².